The zero-order valence-corrected chi connectivity index (χ0v) is 16.9. The van der Waals surface area contributed by atoms with Crippen LogP contribution in [0.15, 0.2) is 48.5 Å². The Morgan fingerprint density at radius 1 is 0.857 bits per heavy atom. The van der Waals surface area contributed by atoms with Crippen LogP contribution in [0.25, 0.3) is 0 Å². The molecule has 0 spiro atoms. The summed E-state index contributed by atoms with van der Waals surface area (Å²) in [6, 6.07) is 12.5. The van der Waals surface area contributed by atoms with Gasteiger partial charge in [-0.25, -0.2) is 14.4 Å². The second-order valence-corrected chi connectivity index (χ2v) is 8.20. The summed E-state index contributed by atoms with van der Waals surface area (Å²) in [6.07, 6.45) is 0. The first-order valence-corrected chi connectivity index (χ1v) is 10.4. The van der Waals surface area contributed by atoms with Crippen LogP contribution >= 0.6 is 16.1 Å². The highest BCUT2D eigenvalue weighted by Crippen LogP contribution is 2.45. The minimum absolute atomic E-state index is 0.247. The van der Waals surface area contributed by atoms with Crippen molar-refractivity contribution in [1.82, 2.24) is 5.32 Å². The van der Waals surface area contributed by atoms with E-state index in [1.807, 2.05) is 0 Å². The van der Waals surface area contributed by atoms with Crippen LogP contribution in [0.2, 0.25) is 0 Å². The fourth-order valence-electron chi connectivity index (χ4n) is 1.99. The molecule has 2 N–H and O–H groups in total. The Labute approximate surface area is 163 Å². The van der Waals surface area contributed by atoms with Crippen LogP contribution in [-0.2, 0) is 13.9 Å². The molecule has 0 saturated carbocycles. The van der Waals surface area contributed by atoms with Gasteiger partial charge in [-0.3, -0.25) is 4.79 Å². The predicted octanol–water partition coefficient (Wildman–Crippen LogP) is 3.60. The number of carboxylic acid groups (broad SMARTS) is 1. The molecule has 0 bridgehead atoms. The van der Waals surface area contributed by atoms with E-state index < -0.39 is 34.1 Å². The monoisotopic (exact) mass is 427 g/mol. The normalized spacial score (nSPS) is 12.5. The average Bonchev–Trinajstić information content (AvgIpc) is 2.69. The molecule has 0 radical (unpaired) electrons. The number of hydrogen-bond donors (Lipinski definition) is 2. The second kappa shape index (κ2) is 10.6. The van der Waals surface area contributed by atoms with E-state index in [-0.39, 0.29) is 11.5 Å². The number of benzene rings is 2. The van der Waals surface area contributed by atoms with Gasteiger partial charge in [0.15, 0.2) is 11.5 Å². The Bertz CT molecular complexity index is 765. The summed E-state index contributed by atoms with van der Waals surface area (Å²) in [5, 5.41) is 11.3. The third-order valence-electron chi connectivity index (χ3n) is 3.34. The van der Waals surface area contributed by atoms with Crippen LogP contribution in [0.1, 0.15) is 0 Å². The van der Waals surface area contributed by atoms with Gasteiger partial charge in [-0.05, 0) is 57.7 Å². The Morgan fingerprint density at radius 2 is 1.21 bits per heavy atom. The highest BCUT2D eigenvalue weighted by molar-refractivity contribution is 7.59. The second-order valence-electron chi connectivity index (χ2n) is 5.25. The van der Waals surface area contributed by atoms with E-state index in [9.17, 15) is 13.9 Å². The predicted molar refractivity (Wildman–Crippen MR) is 102 cm³/mol. The summed E-state index contributed by atoms with van der Waals surface area (Å²) in [4.78, 5) is 10.8. The molecule has 148 valence electrons. The Morgan fingerprint density at radius 3 is 1.54 bits per heavy atom. The van der Waals surface area contributed by atoms with E-state index in [0.717, 1.165) is 0 Å². The van der Waals surface area contributed by atoms with Crippen molar-refractivity contribution in [3.05, 3.63) is 48.5 Å². The third kappa shape index (κ3) is 6.46. The van der Waals surface area contributed by atoms with Crippen LogP contribution in [0.3, 0.4) is 0 Å². The molecule has 0 aliphatic carbocycles. The summed E-state index contributed by atoms with van der Waals surface area (Å²) >= 11 is 0. The van der Waals surface area contributed by atoms with Gasteiger partial charge in [-0.1, -0.05) is 0 Å². The fraction of sp³-hybridized carbons (Fsp3) is 0.235. The zero-order chi connectivity index (χ0) is 20.5. The van der Waals surface area contributed by atoms with Crippen LogP contribution in [-0.4, -0.2) is 37.4 Å². The van der Waals surface area contributed by atoms with Crippen molar-refractivity contribution in [3.8, 4) is 23.0 Å². The van der Waals surface area contributed by atoms with E-state index in [1.165, 1.54) is 38.5 Å². The molecule has 0 fully saturated rings. The molecule has 2 atom stereocenters. The number of methoxy groups -OCH3 is 2. The van der Waals surface area contributed by atoms with E-state index in [2.05, 4.69) is 5.32 Å². The van der Waals surface area contributed by atoms with Gasteiger partial charge in [0.1, 0.15) is 18.0 Å². The van der Waals surface area contributed by atoms with Crippen molar-refractivity contribution in [2.24, 2.45) is 0 Å². The van der Waals surface area contributed by atoms with Crippen molar-refractivity contribution < 1.29 is 37.6 Å². The lowest BCUT2D eigenvalue weighted by atomic mass is 10.3. The number of aliphatic carboxylic acids is 1. The molecule has 0 aliphatic heterocycles. The molecule has 0 heterocycles. The number of rotatable bonds is 11. The van der Waals surface area contributed by atoms with Crippen LogP contribution in [0, 0.1) is 0 Å². The smallest absolute Gasteiger partial charge is 0.497 e. The minimum Gasteiger partial charge on any atom is -0.497 e. The highest BCUT2D eigenvalue weighted by atomic mass is 31.2. The van der Waals surface area contributed by atoms with Crippen LogP contribution < -0.4 is 23.8 Å². The van der Waals surface area contributed by atoms with Gasteiger partial charge < -0.3 is 14.6 Å². The number of carbonyl (C=O) groups is 1. The quantitative estimate of drug-likeness (QED) is 0.518. The number of nitrogens with one attached hydrogen (secondary N) is 1. The highest BCUT2D eigenvalue weighted by Gasteiger charge is 2.54. The average molecular weight is 427 g/mol. The van der Waals surface area contributed by atoms with Gasteiger partial charge in [0, 0.05) is 0 Å². The maximum absolute atomic E-state index is 12.6. The fourth-order valence-corrected chi connectivity index (χ4v) is 4.22. The molecule has 2 rings (SSSR count). The maximum Gasteiger partial charge on any atom is 0.634 e. The Kier molecular flexibility index (Phi) is 8.14. The van der Waals surface area contributed by atoms with Gasteiger partial charge in [-0.15, -0.1) is 0 Å². The number of ether oxygens (including phenoxy) is 2. The molecule has 11 heteroatoms. The lowest BCUT2D eigenvalue weighted by molar-refractivity contribution is -0.135. The minimum atomic E-state index is -2.61. The zero-order valence-electron chi connectivity index (χ0n) is 15.1. The Hall–Kier alpha value is -2.73. The summed E-state index contributed by atoms with van der Waals surface area (Å²) < 4.78 is 45.8. The molecule has 0 aliphatic rings. The topological polar surface area (TPSA) is 120 Å². The molecule has 2 aromatic carbocycles. The third-order valence-corrected chi connectivity index (χ3v) is 6.42. The molecule has 0 amide bonds. The maximum atomic E-state index is 12.6. The van der Waals surface area contributed by atoms with Crippen molar-refractivity contribution in [2.75, 3.05) is 20.8 Å². The first-order valence-electron chi connectivity index (χ1n) is 7.95. The molecule has 28 heavy (non-hydrogen) atoms. The SMILES string of the molecule is COc1ccc(O[P+](=O)C(NCC(=O)O)[P+](=O)Oc2ccc(OC)cc2)cc1. The van der Waals surface area contributed by atoms with Gasteiger partial charge >= 0.3 is 27.5 Å². The molecule has 0 aromatic heterocycles. The lowest BCUT2D eigenvalue weighted by Gasteiger charge is -2.02. The van der Waals surface area contributed by atoms with Crippen molar-refractivity contribution in [2.45, 2.75) is 5.52 Å². The largest absolute Gasteiger partial charge is 0.634 e. The van der Waals surface area contributed by atoms with Crippen molar-refractivity contribution in [1.29, 1.82) is 0 Å². The number of carboxylic acids is 1. The first-order chi connectivity index (χ1) is 13.4. The summed E-state index contributed by atoms with van der Waals surface area (Å²) in [5.74, 6) is 0.452. The van der Waals surface area contributed by atoms with E-state index in [0.29, 0.717) is 11.5 Å². The van der Waals surface area contributed by atoms with Gasteiger partial charge in [0.25, 0.3) is 0 Å². The Balaban J connectivity index is 2.10. The molecule has 9 nitrogen and oxygen atoms in total. The molecular weight excluding hydrogens is 408 g/mol. The summed E-state index contributed by atoms with van der Waals surface area (Å²) in [7, 11) is -2.21. The standard InChI is InChI=1S/C17H18NO8P2/c1-23-12-3-7-14(8-4-12)25-27(21)17(18-11-16(19)20)28(22)26-15-9-5-13(24-2)6-10-15/h3-10,17-18H,11H2,1-2H3/q+1/p+1. The lowest BCUT2D eigenvalue weighted by Crippen LogP contribution is -2.30. The number of hydrogen-bond acceptors (Lipinski definition) is 8. The van der Waals surface area contributed by atoms with Gasteiger partial charge in [-0.2, -0.15) is 0 Å². The summed E-state index contributed by atoms with van der Waals surface area (Å²) in [6.45, 7) is -0.565. The van der Waals surface area contributed by atoms with Crippen molar-refractivity contribution >= 4 is 22.0 Å². The van der Waals surface area contributed by atoms with E-state index in [4.69, 9.17) is 23.6 Å². The van der Waals surface area contributed by atoms with Crippen LogP contribution in [0.4, 0.5) is 0 Å². The van der Waals surface area contributed by atoms with E-state index >= 15 is 0 Å². The molecular formula is C17H19NO8P2+2. The first kappa shape index (κ1) is 21.6. The molecule has 0 saturated heterocycles. The molecule has 2 unspecified atom stereocenters. The molecule has 2 aromatic rings. The van der Waals surface area contributed by atoms with Gasteiger partial charge in [0.2, 0.25) is 0 Å². The van der Waals surface area contributed by atoms with Crippen LogP contribution in [0.5, 0.6) is 23.0 Å². The van der Waals surface area contributed by atoms with E-state index in [1.54, 1.807) is 24.3 Å². The van der Waals surface area contributed by atoms with Gasteiger partial charge in [0.05, 0.1) is 14.2 Å². The van der Waals surface area contributed by atoms with Crippen molar-refractivity contribution in [3.63, 3.8) is 0 Å². The summed E-state index contributed by atoms with van der Waals surface area (Å²) in [5.41, 5.74) is -1.34.